The molecule has 0 amide bonds. The van der Waals surface area contributed by atoms with Crippen molar-refractivity contribution in [3.63, 3.8) is 0 Å². The molecule has 0 N–H and O–H groups in total. The first kappa shape index (κ1) is 13.5. The number of hydrogen-bond acceptors (Lipinski definition) is 4. The van der Waals surface area contributed by atoms with Gasteiger partial charge in [-0.15, -0.1) is 0 Å². The molecule has 0 heterocycles. The molecule has 0 fully saturated rings. The zero-order valence-electron chi connectivity index (χ0n) is 10.6. The minimum Gasteiger partial charge on any atom is -0.426 e. The lowest BCUT2D eigenvalue weighted by molar-refractivity contribution is -0.133. The predicted molar refractivity (Wildman–Crippen MR) is 72.2 cm³/mol. The quantitative estimate of drug-likeness (QED) is 0.369. The summed E-state index contributed by atoms with van der Waals surface area (Å²) in [7, 11) is 0. The summed E-state index contributed by atoms with van der Waals surface area (Å²) in [5.41, 5.74) is 0.953. The molecule has 2 aromatic carbocycles. The Bertz CT molecular complexity index is 654. The van der Waals surface area contributed by atoms with Crippen molar-refractivity contribution in [2.24, 2.45) is 0 Å². The molecule has 2 aromatic rings. The zero-order chi connectivity index (χ0) is 14.4. The van der Waals surface area contributed by atoms with Crippen LogP contribution < -0.4 is 4.74 Å². The van der Waals surface area contributed by atoms with Crippen molar-refractivity contribution in [2.75, 3.05) is 0 Å². The van der Waals surface area contributed by atoms with E-state index in [4.69, 9.17) is 10.00 Å². The van der Waals surface area contributed by atoms with E-state index in [1.807, 2.05) is 6.07 Å². The van der Waals surface area contributed by atoms with Gasteiger partial charge in [0.1, 0.15) is 12.2 Å². The van der Waals surface area contributed by atoms with Crippen molar-refractivity contribution in [1.82, 2.24) is 0 Å². The number of ketones is 1. The molecule has 0 saturated carbocycles. The maximum atomic E-state index is 11.8. The molecule has 0 atom stereocenters. The summed E-state index contributed by atoms with van der Waals surface area (Å²) in [4.78, 5) is 23.4. The standard InChI is InChI=1S/C16H11NO3/c17-11-12-6-8-14(9-7-12)20-16(19)10-15(18)13-4-2-1-3-5-13/h1-9H,10H2. The van der Waals surface area contributed by atoms with Crippen LogP contribution in [0.3, 0.4) is 0 Å². The number of carbonyl (C=O) groups excluding carboxylic acids is 2. The van der Waals surface area contributed by atoms with Gasteiger partial charge >= 0.3 is 5.97 Å². The highest BCUT2D eigenvalue weighted by atomic mass is 16.5. The van der Waals surface area contributed by atoms with Crippen LogP contribution in [0.2, 0.25) is 0 Å². The van der Waals surface area contributed by atoms with Gasteiger partial charge < -0.3 is 4.74 Å². The Hall–Kier alpha value is -2.93. The first-order chi connectivity index (χ1) is 9.69. The van der Waals surface area contributed by atoms with Crippen LogP contribution in [0, 0.1) is 11.3 Å². The molecular formula is C16H11NO3. The fourth-order valence-corrected chi connectivity index (χ4v) is 1.62. The summed E-state index contributed by atoms with van der Waals surface area (Å²) in [5, 5.41) is 8.65. The number of rotatable bonds is 4. The molecular weight excluding hydrogens is 254 g/mol. The maximum Gasteiger partial charge on any atom is 0.319 e. The topological polar surface area (TPSA) is 67.2 Å². The Labute approximate surface area is 116 Å². The van der Waals surface area contributed by atoms with Crippen LogP contribution in [-0.2, 0) is 4.79 Å². The number of carbonyl (C=O) groups is 2. The monoisotopic (exact) mass is 265 g/mol. The van der Waals surface area contributed by atoms with E-state index in [1.165, 1.54) is 12.1 Å². The molecule has 0 aliphatic carbocycles. The molecule has 0 aliphatic heterocycles. The Balaban J connectivity index is 1.95. The van der Waals surface area contributed by atoms with Gasteiger partial charge in [0.25, 0.3) is 0 Å². The van der Waals surface area contributed by atoms with E-state index in [0.29, 0.717) is 16.9 Å². The Morgan fingerprint density at radius 2 is 1.65 bits per heavy atom. The number of esters is 1. The number of nitriles is 1. The molecule has 0 radical (unpaired) electrons. The summed E-state index contributed by atoms with van der Waals surface area (Å²) in [6.07, 6.45) is -0.315. The minimum absolute atomic E-state index is 0.288. The van der Waals surface area contributed by atoms with Crippen LogP contribution in [0.4, 0.5) is 0 Å². The van der Waals surface area contributed by atoms with Crippen LogP contribution in [0.25, 0.3) is 0 Å². The molecule has 20 heavy (non-hydrogen) atoms. The third-order valence-corrected chi connectivity index (χ3v) is 2.62. The van der Waals surface area contributed by atoms with Crippen molar-refractivity contribution < 1.29 is 14.3 Å². The predicted octanol–water partition coefficient (Wildman–Crippen LogP) is 2.74. The number of nitrogens with zero attached hydrogens (tertiary/aromatic N) is 1. The van der Waals surface area contributed by atoms with Crippen LogP contribution >= 0.6 is 0 Å². The van der Waals surface area contributed by atoms with Crippen molar-refractivity contribution in [2.45, 2.75) is 6.42 Å². The van der Waals surface area contributed by atoms with E-state index in [1.54, 1.807) is 42.5 Å². The lowest BCUT2D eigenvalue weighted by Gasteiger charge is -2.04. The van der Waals surface area contributed by atoms with Gasteiger partial charge in [-0.25, -0.2) is 0 Å². The van der Waals surface area contributed by atoms with E-state index in [2.05, 4.69) is 0 Å². The first-order valence-electron chi connectivity index (χ1n) is 5.98. The number of Topliss-reactive ketones (excluding diaryl/α,β-unsaturated/α-hetero) is 1. The van der Waals surface area contributed by atoms with Crippen molar-refractivity contribution in [1.29, 1.82) is 5.26 Å². The summed E-state index contributed by atoms with van der Waals surface area (Å²) in [5.74, 6) is -0.595. The molecule has 0 unspecified atom stereocenters. The fraction of sp³-hybridized carbons (Fsp3) is 0.0625. The van der Waals surface area contributed by atoms with E-state index in [0.717, 1.165) is 0 Å². The highest BCUT2D eigenvalue weighted by molar-refractivity contribution is 6.06. The lowest BCUT2D eigenvalue weighted by atomic mass is 10.1. The molecule has 0 aliphatic rings. The molecule has 0 bridgehead atoms. The summed E-state index contributed by atoms with van der Waals surface area (Å²) >= 11 is 0. The molecule has 4 heteroatoms. The van der Waals surface area contributed by atoms with Crippen molar-refractivity contribution in [3.8, 4) is 11.8 Å². The Morgan fingerprint density at radius 1 is 1.00 bits per heavy atom. The molecule has 4 nitrogen and oxygen atoms in total. The number of hydrogen-bond donors (Lipinski definition) is 0. The van der Waals surface area contributed by atoms with Gasteiger partial charge in [-0.2, -0.15) is 5.26 Å². The van der Waals surface area contributed by atoms with E-state index < -0.39 is 5.97 Å². The van der Waals surface area contributed by atoms with E-state index >= 15 is 0 Å². The second kappa shape index (κ2) is 6.30. The Morgan fingerprint density at radius 3 is 2.25 bits per heavy atom. The fourth-order valence-electron chi connectivity index (χ4n) is 1.62. The largest absolute Gasteiger partial charge is 0.426 e. The van der Waals surface area contributed by atoms with Crippen LogP contribution in [0.5, 0.6) is 5.75 Å². The average molecular weight is 265 g/mol. The van der Waals surface area contributed by atoms with Crippen LogP contribution in [0.15, 0.2) is 54.6 Å². The normalized spacial score (nSPS) is 9.55. The number of benzene rings is 2. The maximum absolute atomic E-state index is 11.8. The second-order valence-corrected chi connectivity index (χ2v) is 4.08. The second-order valence-electron chi connectivity index (χ2n) is 4.08. The van der Waals surface area contributed by atoms with Crippen molar-refractivity contribution >= 4 is 11.8 Å². The summed E-state index contributed by atoms with van der Waals surface area (Å²) < 4.78 is 5.04. The average Bonchev–Trinajstić information content (AvgIpc) is 2.49. The highest BCUT2D eigenvalue weighted by Gasteiger charge is 2.13. The summed E-state index contributed by atoms with van der Waals surface area (Å²) in [6.45, 7) is 0. The van der Waals surface area contributed by atoms with E-state index in [-0.39, 0.29) is 12.2 Å². The summed E-state index contributed by atoms with van der Waals surface area (Å²) in [6, 6.07) is 16.7. The van der Waals surface area contributed by atoms with Gasteiger partial charge in [0.05, 0.1) is 11.6 Å². The molecule has 98 valence electrons. The van der Waals surface area contributed by atoms with Crippen LogP contribution in [-0.4, -0.2) is 11.8 Å². The number of ether oxygens (including phenoxy) is 1. The molecule has 0 aromatic heterocycles. The third kappa shape index (κ3) is 3.53. The van der Waals surface area contributed by atoms with Crippen molar-refractivity contribution in [3.05, 3.63) is 65.7 Å². The van der Waals surface area contributed by atoms with Gasteiger partial charge in [0, 0.05) is 5.56 Å². The molecule has 0 spiro atoms. The Kier molecular flexibility index (Phi) is 4.25. The van der Waals surface area contributed by atoms with Gasteiger partial charge in [0.15, 0.2) is 5.78 Å². The van der Waals surface area contributed by atoms with E-state index in [9.17, 15) is 9.59 Å². The smallest absolute Gasteiger partial charge is 0.319 e. The highest BCUT2D eigenvalue weighted by Crippen LogP contribution is 2.13. The van der Waals surface area contributed by atoms with Crippen LogP contribution in [0.1, 0.15) is 22.3 Å². The lowest BCUT2D eigenvalue weighted by Crippen LogP contribution is -2.14. The minimum atomic E-state index is -0.622. The van der Waals surface area contributed by atoms with Gasteiger partial charge in [-0.3, -0.25) is 9.59 Å². The molecule has 0 saturated heterocycles. The van der Waals surface area contributed by atoms with Gasteiger partial charge in [-0.1, -0.05) is 30.3 Å². The van der Waals surface area contributed by atoms with Gasteiger partial charge in [0.2, 0.25) is 0 Å². The SMILES string of the molecule is N#Cc1ccc(OC(=O)CC(=O)c2ccccc2)cc1. The third-order valence-electron chi connectivity index (χ3n) is 2.62. The first-order valence-corrected chi connectivity index (χ1v) is 5.98. The zero-order valence-corrected chi connectivity index (χ0v) is 10.6. The van der Waals surface area contributed by atoms with Gasteiger partial charge in [-0.05, 0) is 24.3 Å². The molecule has 2 rings (SSSR count).